The van der Waals surface area contributed by atoms with Gasteiger partial charge in [-0.1, -0.05) is 19.8 Å². The third-order valence-electron chi connectivity index (χ3n) is 4.16. The van der Waals surface area contributed by atoms with E-state index in [2.05, 4.69) is 22.2 Å². The van der Waals surface area contributed by atoms with Crippen molar-refractivity contribution in [2.75, 3.05) is 18.5 Å². The second kappa shape index (κ2) is 7.38. The molecule has 2 rings (SSSR count). The Morgan fingerprint density at radius 3 is 2.71 bits per heavy atom. The van der Waals surface area contributed by atoms with Crippen molar-refractivity contribution in [3.05, 3.63) is 17.5 Å². The SMILES string of the molecule is CCOC(=O)c1cnc(NCC2CCC(C)CC2)nc1C. The molecule has 0 aromatic carbocycles. The average Bonchev–Trinajstić information content (AvgIpc) is 2.47. The third-order valence-corrected chi connectivity index (χ3v) is 4.16. The summed E-state index contributed by atoms with van der Waals surface area (Å²) in [5.74, 6) is 1.81. The van der Waals surface area contributed by atoms with Crippen LogP contribution in [0.25, 0.3) is 0 Å². The summed E-state index contributed by atoms with van der Waals surface area (Å²) < 4.78 is 4.97. The van der Waals surface area contributed by atoms with Gasteiger partial charge in [0, 0.05) is 12.7 Å². The molecule has 1 aromatic rings. The van der Waals surface area contributed by atoms with E-state index in [0.29, 0.717) is 29.7 Å². The van der Waals surface area contributed by atoms with Gasteiger partial charge in [-0.15, -0.1) is 0 Å². The number of carbonyl (C=O) groups excluding carboxylic acids is 1. The van der Waals surface area contributed by atoms with Crippen LogP contribution in [0.2, 0.25) is 0 Å². The lowest BCUT2D eigenvalue weighted by atomic mass is 9.83. The second-order valence-corrected chi connectivity index (χ2v) is 5.92. The highest BCUT2D eigenvalue weighted by atomic mass is 16.5. The molecule has 0 aliphatic heterocycles. The topological polar surface area (TPSA) is 64.1 Å². The number of anilines is 1. The summed E-state index contributed by atoms with van der Waals surface area (Å²) in [5, 5.41) is 3.29. The van der Waals surface area contributed by atoms with E-state index in [1.54, 1.807) is 20.0 Å². The molecule has 21 heavy (non-hydrogen) atoms. The molecule has 0 atom stereocenters. The van der Waals surface area contributed by atoms with Gasteiger partial charge in [0.1, 0.15) is 0 Å². The van der Waals surface area contributed by atoms with Crippen LogP contribution in [-0.4, -0.2) is 29.1 Å². The minimum atomic E-state index is -0.359. The smallest absolute Gasteiger partial charge is 0.341 e. The van der Waals surface area contributed by atoms with Crippen LogP contribution in [0.15, 0.2) is 6.20 Å². The fourth-order valence-electron chi connectivity index (χ4n) is 2.73. The van der Waals surface area contributed by atoms with E-state index in [0.717, 1.165) is 12.5 Å². The Balaban J connectivity index is 1.89. The minimum Gasteiger partial charge on any atom is -0.462 e. The zero-order valence-electron chi connectivity index (χ0n) is 13.2. The highest BCUT2D eigenvalue weighted by Gasteiger charge is 2.18. The van der Waals surface area contributed by atoms with Crippen molar-refractivity contribution in [1.29, 1.82) is 0 Å². The number of carbonyl (C=O) groups is 1. The molecular weight excluding hydrogens is 266 g/mol. The van der Waals surface area contributed by atoms with E-state index >= 15 is 0 Å². The van der Waals surface area contributed by atoms with E-state index in [1.807, 2.05) is 0 Å². The molecule has 0 spiro atoms. The van der Waals surface area contributed by atoms with Gasteiger partial charge < -0.3 is 10.1 Å². The molecular formula is C16H25N3O2. The van der Waals surface area contributed by atoms with Gasteiger partial charge in [0.25, 0.3) is 0 Å². The van der Waals surface area contributed by atoms with Crippen LogP contribution >= 0.6 is 0 Å². The molecule has 1 N–H and O–H groups in total. The van der Waals surface area contributed by atoms with Crippen LogP contribution in [0.1, 0.15) is 55.6 Å². The molecule has 1 aromatic heterocycles. The van der Waals surface area contributed by atoms with Crippen LogP contribution < -0.4 is 5.32 Å². The van der Waals surface area contributed by atoms with Gasteiger partial charge in [0.15, 0.2) is 0 Å². The fourth-order valence-corrected chi connectivity index (χ4v) is 2.73. The van der Waals surface area contributed by atoms with Gasteiger partial charge in [-0.2, -0.15) is 0 Å². The van der Waals surface area contributed by atoms with Gasteiger partial charge in [0.2, 0.25) is 5.95 Å². The van der Waals surface area contributed by atoms with E-state index in [9.17, 15) is 4.79 Å². The number of nitrogens with one attached hydrogen (secondary N) is 1. The fraction of sp³-hybridized carbons (Fsp3) is 0.688. The Morgan fingerprint density at radius 2 is 2.10 bits per heavy atom. The molecule has 5 heteroatoms. The Morgan fingerprint density at radius 1 is 1.38 bits per heavy atom. The standard InChI is InChI=1S/C16H25N3O2/c1-4-21-15(20)14-10-18-16(19-12(14)3)17-9-13-7-5-11(2)6-8-13/h10-11,13H,4-9H2,1-3H3,(H,17,18,19). The first kappa shape index (κ1) is 15.7. The maximum Gasteiger partial charge on any atom is 0.341 e. The van der Waals surface area contributed by atoms with E-state index in [4.69, 9.17) is 4.74 Å². The van der Waals surface area contributed by atoms with E-state index in [1.165, 1.54) is 25.7 Å². The van der Waals surface area contributed by atoms with Gasteiger partial charge in [-0.05, 0) is 38.5 Å². The van der Waals surface area contributed by atoms with Gasteiger partial charge >= 0.3 is 5.97 Å². The van der Waals surface area contributed by atoms with Crippen molar-refractivity contribution in [2.45, 2.75) is 46.5 Å². The lowest BCUT2D eigenvalue weighted by molar-refractivity contribution is 0.0524. The predicted molar refractivity (Wildman–Crippen MR) is 82.3 cm³/mol. The number of rotatable bonds is 5. The molecule has 0 saturated heterocycles. The zero-order valence-corrected chi connectivity index (χ0v) is 13.2. The monoisotopic (exact) mass is 291 g/mol. The highest BCUT2D eigenvalue weighted by Crippen LogP contribution is 2.28. The van der Waals surface area contributed by atoms with E-state index in [-0.39, 0.29) is 5.97 Å². The minimum absolute atomic E-state index is 0.359. The van der Waals surface area contributed by atoms with Crippen molar-refractivity contribution >= 4 is 11.9 Å². The average molecular weight is 291 g/mol. The molecule has 1 fully saturated rings. The Bertz CT molecular complexity index is 482. The number of hydrogen-bond donors (Lipinski definition) is 1. The van der Waals surface area contributed by atoms with Gasteiger partial charge in [-0.3, -0.25) is 0 Å². The molecule has 116 valence electrons. The van der Waals surface area contributed by atoms with Crippen LogP contribution in [0.3, 0.4) is 0 Å². The summed E-state index contributed by atoms with van der Waals surface area (Å²) in [5.41, 5.74) is 1.09. The summed E-state index contributed by atoms with van der Waals surface area (Å²) in [6, 6.07) is 0. The first-order chi connectivity index (χ1) is 10.1. The molecule has 0 amide bonds. The van der Waals surface area contributed by atoms with Gasteiger partial charge in [0.05, 0.1) is 17.9 Å². The summed E-state index contributed by atoms with van der Waals surface area (Å²) in [4.78, 5) is 20.3. The summed E-state index contributed by atoms with van der Waals surface area (Å²) in [7, 11) is 0. The summed E-state index contributed by atoms with van der Waals surface area (Å²) >= 11 is 0. The lowest BCUT2D eigenvalue weighted by Gasteiger charge is -2.26. The normalized spacial score (nSPS) is 21.9. The molecule has 1 saturated carbocycles. The number of esters is 1. The number of hydrogen-bond acceptors (Lipinski definition) is 5. The van der Waals surface area contributed by atoms with Crippen LogP contribution in [-0.2, 0) is 4.74 Å². The number of aryl methyl sites for hydroxylation is 1. The quantitative estimate of drug-likeness (QED) is 0.844. The predicted octanol–water partition coefficient (Wildman–Crippen LogP) is 3.20. The molecule has 0 unspecified atom stereocenters. The maximum atomic E-state index is 11.7. The van der Waals surface area contributed by atoms with Crippen molar-refractivity contribution in [1.82, 2.24) is 9.97 Å². The second-order valence-electron chi connectivity index (χ2n) is 5.92. The maximum absolute atomic E-state index is 11.7. The van der Waals surface area contributed by atoms with Crippen molar-refractivity contribution in [2.24, 2.45) is 11.8 Å². The largest absolute Gasteiger partial charge is 0.462 e. The van der Waals surface area contributed by atoms with Crippen molar-refractivity contribution in [3.8, 4) is 0 Å². The van der Waals surface area contributed by atoms with Crippen LogP contribution in [0, 0.1) is 18.8 Å². The lowest BCUT2D eigenvalue weighted by Crippen LogP contribution is -2.21. The highest BCUT2D eigenvalue weighted by molar-refractivity contribution is 5.90. The van der Waals surface area contributed by atoms with Crippen LogP contribution in [0.4, 0.5) is 5.95 Å². The van der Waals surface area contributed by atoms with Crippen molar-refractivity contribution < 1.29 is 9.53 Å². The molecule has 0 bridgehead atoms. The number of nitrogens with zero attached hydrogens (tertiary/aromatic N) is 2. The number of ether oxygens (including phenoxy) is 1. The number of aromatic nitrogens is 2. The summed E-state index contributed by atoms with van der Waals surface area (Å²) in [6.07, 6.45) is 6.72. The van der Waals surface area contributed by atoms with Crippen LogP contribution in [0.5, 0.6) is 0 Å². The Kier molecular flexibility index (Phi) is 5.53. The molecule has 1 aliphatic carbocycles. The Labute approximate surface area is 126 Å². The third kappa shape index (κ3) is 4.41. The molecule has 5 nitrogen and oxygen atoms in total. The first-order valence-electron chi connectivity index (χ1n) is 7.84. The summed E-state index contributed by atoms with van der Waals surface area (Å²) in [6.45, 7) is 7.18. The van der Waals surface area contributed by atoms with Crippen molar-refractivity contribution in [3.63, 3.8) is 0 Å². The Hall–Kier alpha value is -1.65. The van der Waals surface area contributed by atoms with Gasteiger partial charge in [-0.25, -0.2) is 14.8 Å². The van der Waals surface area contributed by atoms with E-state index < -0.39 is 0 Å². The molecule has 1 heterocycles. The molecule has 0 radical (unpaired) electrons. The zero-order chi connectivity index (χ0) is 15.2. The first-order valence-corrected chi connectivity index (χ1v) is 7.84. The molecule has 1 aliphatic rings.